The molecule has 150 valence electrons. The van der Waals surface area contributed by atoms with Crippen LogP contribution in [-0.2, 0) is 24.8 Å². The van der Waals surface area contributed by atoms with Gasteiger partial charge in [0.1, 0.15) is 6.61 Å². The van der Waals surface area contributed by atoms with Crippen molar-refractivity contribution in [2.75, 3.05) is 6.54 Å². The zero-order valence-corrected chi connectivity index (χ0v) is 17.0. The van der Waals surface area contributed by atoms with Gasteiger partial charge >= 0.3 is 6.09 Å². The SMILES string of the molecule is Cn1cc(C2c3ccccc3CCN2C(=O)OCc2ccccc2)c2ccccc21. The summed E-state index contributed by atoms with van der Waals surface area (Å²) < 4.78 is 7.87. The molecule has 1 aromatic heterocycles. The van der Waals surface area contributed by atoms with Crippen LogP contribution in [0, 0.1) is 0 Å². The molecule has 1 aliphatic rings. The first kappa shape index (κ1) is 18.5. The van der Waals surface area contributed by atoms with E-state index in [1.165, 1.54) is 16.5 Å². The number of aryl methyl sites for hydroxylation is 1. The van der Waals surface area contributed by atoms with Crippen molar-refractivity contribution in [1.82, 2.24) is 9.47 Å². The highest BCUT2D eigenvalue weighted by Gasteiger charge is 2.34. The van der Waals surface area contributed by atoms with Gasteiger partial charge in [-0.15, -0.1) is 0 Å². The highest BCUT2D eigenvalue weighted by atomic mass is 16.6. The molecule has 3 aromatic carbocycles. The summed E-state index contributed by atoms with van der Waals surface area (Å²) in [6, 6.07) is 26.4. The Morgan fingerprint density at radius 3 is 2.53 bits per heavy atom. The molecule has 4 heteroatoms. The van der Waals surface area contributed by atoms with E-state index in [1.807, 2.05) is 41.3 Å². The monoisotopic (exact) mass is 396 g/mol. The van der Waals surface area contributed by atoms with Crippen molar-refractivity contribution in [3.05, 3.63) is 107 Å². The van der Waals surface area contributed by atoms with E-state index in [0.29, 0.717) is 6.54 Å². The lowest BCUT2D eigenvalue weighted by molar-refractivity contribution is 0.0839. The Balaban J connectivity index is 1.54. The second-order valence-corrected chi connectivity index (χ2v) is 7.80. The van der Waals surface area contributed by atoms with Crippen LogP contribution in [-0.4, -0.2) is 22.1 Å². The molecule has 1 atom stereocenters. The third kappa shape index (κ3) is 3.24. The fraction of sp³-hybridized carbons (Fsp3) is 0.192. The molecule has 2 heterocycles. The smallest absolute Gasteiger partial charge is 0.410 e. The van der Waals surface area contributed by atoms with Crippen molar-refractivity contribution in [1.29, 1.82) is 0 Å². The molecule has 0 saturated carbocycles. The summed E-state index contributed by atoms with van der Waals surface area (Å²) in [5.74, 6) is 0. The number of rotatable bonds is 3. The van der Waals surface area contributed by atoms with Crippen LogP contribution < -0.4 is 0 Å². The minimum Gasteiger partial charge on any atom is -0.445 e. The molecule has 0 N–H and O–H groups in total. The maximum atomic E-state index is 13.2. The first-order chi connectivity index (χ1) is 14.7. The molecule has 1 unspecified atom stereocenters. The van der Waals surface area contributed by atoms with Crippen molar-refractivity contribution < 1.29 is 9.53 Å². The van der Waals surface area contributed by atoms with Crippen molar-refractivity contribution in [3.8, 4) is 0 Å². The van der Waals surface area contributed by atoms with E-state index in [-0.39, 0.29) is 18.7 Å². The highest BCUT2D eigenvalue weighted by Crippen LogP contribution is 2.39. The van der Waals surface area contributed by atoms with Gasteiger partial charge in [0.15, 0.2) is 0 Å². The van der Waals surface area contributed by atoms with Crippen LogP contribution in [0.5, 0.6) is 0 Å². The first-order valence-corrected chi connectivity index (χ1v) is 10.3. The van der Waals surface area contributed by atoms with Crippen molar-refractivity contribution in [3.63, 3.8) is 0 Å². The Kier molecular flexibility index (Phi) is 4.75. The number of hydrogen-bond acceptors (Lipinski definition) is 2. The summed E-state index contributed by atoms with van der Waals surface area (Å²) >= 11 is 0. The molecule has 4 aromatic rings. The van der Waals surface area contributed by atoms with E-state index in [2.05, 4.69) is 60.3 Å². The van der Waals surface area contributed by atoms with Crippen molar-refractivity contribution >= 4 is 17.0 Å². The summed E-state index contributed by atoms with van der Waals surface area (Å²) in [6.07, 6.45) is 2.71. The number of aromatic nitrogens is 1. The van der Waals surface area contributed by atoms with Crippen LogP contribution in [0.25, 0.3) is 10.9 Å². The number of hydrogen-bond donors (Lipinski definition) is 0. The van der Waals surface area contributed by atoms with Gasteiger partial charge in [0.25, 0.3) is 0 Å². The van der Waals surface area contributed by atoms with Crippen LogP contribution in [0.4, 0.5) is 4.79 Å². The number of para-hydroxylation sites is 1. The van der Waals surface area contributed by atoms with Gasteiger partial charge in [-0.1, -0.05) is 72.8 Å². The lowest BCUT2D eigenvalue weighted by Crippen LogP contribution is -2.40. The Labute approximate surface area is 176 Å². The molecule has 0 bridgehead atoms. The van der Waals surface area contributed by atoms with Gasteiger partial charge in [-0.25, -0.2) is 4.79 Å². The molecule has 0 aliphatic carbocycles. The Morgan fingerprint density at radius 2 is 1.67 bits per heavy atom. The van der Waals surface area contributed by atoms with E-state index in [9.17, 15) is 4.79 Å². The normalized spacial score (nSPS) is 15.8. The number of benzene rings is 3. The minimum absolute atomic E-state index is 0.163. The van der Waals surface area contributed by atoms with Gasteiger partial charge < -0.3 is 9.30 Å². The number of nitrogens with zero attached hydrogens (tertiary/aromatic N) is 2. The average molecular weight is 396 g/mol. The van der Waals surface area contributed by atoms with Gasteiger partial charge in [0.2, 0.25) is 0 Å². The second-order valence-electron chi connectivity index (χ2n) is 7.80. The second kappa shape index (κ2) is 7.71. The van der Waals surface area contributed by atoms with Crippen LogP contribution in [0.15, 0.2) is 85.1 Å². The number of ether oxygens (including phenoxy) is 1. The van der Waals surface area contributed by atoms with E-state index in [1.54, 1.807) is 0 Å². The predicted molar refractivity (Wildman–Crippen MR) is 118 cm³/mol. The Morgan fingerprint density at radius 1 is 0.933 bits per heavy atom. The summed E-state index contributed by atoms with van der Waals surface area (Å²) in [7, 11) is 2.05. The quantitative estimate of drug-likeness (QED) is 0.461. The highest BCUT2D eigenvalue weighted by molar-refractivity contribution is 5.86. The Hall–Kier alpha value is -3.53. The van der Waals surface area contributed by atoms with E-state index in [4.69, 9.17) is 4.74 Å². The van der Waals surface area contributed by atoms with Crippen molar-refractivity contribution in [2.45, 2.75) is 19.1 Å². The molecule has 0 fully saturated rings. The predicted octanol–water partition coefficient (Wildman–Crippen LogP) is 5.46. The van der Waals surface area contributed by atoms with Gasteiger partial charge in [0, 0.05) is 36.3 Å². The van der Waals surface area contributed by atoms with Crippen LogP contribution in [0.3, 0.4) is 0 Å². The van der Waals surface area contributed by atoms with Crippen molar-refractivity contribution in [2.24, 2.45) is 7.05 Å². The van der Waals surface area contributed by atoms with Gasteiger partial charge in [-0.3, -0.25) is 4.90 Å². The third-order valence-electron chi connectivity index (χ3n) is 5.95. The number of carbonyl (C=O) groups is 1. The maximum absolute atomic E-state index is 13.2. The van der Waals surface area contributed by atoms with Crippen LogP contribution in [0.1, 0.15) is 28.3 Å². The average Bonchev–Trinajstić information content (AvgIpc) is 3.13. The van der Waals surface area contributed by atoms with Crippen LogP contribution in [0.2, 0.25) is 0 Å². The fourth-order valence-electron chi connectivity index (χ4n) is 4.49. The molecular formula is C26H24N2O2. The molecule has 1 amide bonds. The third-order valence-corrected chi connectivity index (χ3v) is 5.95. The minimum atomic E-state index is -0.272. The summed E-state index contributed by atoms with van der Waals surface area (Å²) in [4.78, 5) is 15.1. The molecule has 0 radical (unpaired) electrons. The summed E-state index contributed by atoms with van der Waals surface area (Å²) in [6.45, 7) is 0.915. The lowest BCUT2D eigenvalue weighted by Gasteiger charge is -2.36. The van der Waals surface area contributed by atoms with Gasteiger partial charge in [-0.2, -0.15) is 0 Å². The first-order valence-electron chi connectivity index (χ1n) is 10.3. The lowest BCUT2D eigenvalue weighted by atomic mass is 9.88. The maximum Gasteiger partial charge on any atom is 0.410 e. The summed E-state index contributed by atoms with van der Waals surface area (Å²) in [5.41, 5.74) is 5.76. The van der Waals surface area contributed by atoms with Gasteiger partial charge in [0.05, 0.1) is 6.04 Å². The number of fused-ring (bicyclic) bond motifs is 2. The molecule has 5 rings (SSSR count). The number of amides is 1. The van der Waals surface area contributed by atoms with E-state index >= 15 is 0 Å². The van der Waals surface area contributed by atoms with Gasteiger partial charge in [-0.05, 0) is 29.2 Å². The summed E-state index contributed by atoms with van der Waals surface area (Å²) in [5, 5.41) is 1.17. The topological polar surface area (TPSA) is 34.5 Å². The Bertz CT molecular complexity index is 1200. The zero-order valence-electron chi connectivity index (χ0n) is 17.0. The molecule has 0 spiro atoms. The fourth-order valence-corrected chi connectivity index (χ4v) is 4.49. The standard InChI is InChI=1S/C26H24N2O2/c1-27-17-23(22-13-7-8-14-24(22)27)25-21-12-6-5-11-20(21)15-16-28(25)26(29)30-18-19-9-3-2-4-10-19/h2-14,17,25H,15-16,18H2,1H3. The largest absolute Gasteiger partial charge is 0.445 e. The molecule has 0 saturated heterocycles. The zero-order chi connectivity index (χ0) is 20.5. The number of carbonyl (C=O) groups excluding carboxylic acids is 1. The molecular weight excluding hydrogens is 372 g/mol. The van der Waals surface area contributed by atoms with E-state index < -0.39 is 0 Å². The molecule has 30 heavy (non-hydrogen) atoms. The molecule has 1 aliphatic heterocycles. The molecule has 4 nitrogen and oxygen atoms in total. The van der Waals surface area contributed by atoms with Crippen LogP contribution >= 0.6 is 0 Å². The van der Waals surface area contributed by atoms with E-state index in [0.717, 1.165) is 23.1 Å².